The van der Waals surface area contributed by atoms with E-state index in [9.17, 15) is 0 Å². The fourth-order valence-corrected chi connectivity index (χ4v) is 5.94. The maximum atomic E-state index is 6.43. The molecule has 1 heterocycles. The van der Waals surface area contributed by atoms with Gasteiger partial charge >= 0.3 is 0 Å². The number of para-hydroxylation sites is 1. The number of hydrogen-bond acceptors (Lipinski definition) is 1. The van der Waals surface area contributed by atoms with Crippen LogP contribution in [0.25, 0.3) is 76.9 Å². The molecule has 0 saturated heterocycles. The van der Waals surface area contributed by atoms with Gasteiger partial charge in [0.15, 0.2) is 0 Å². The van der Waals surface area contributed by atoms with E-state index in [1.807, 2.05) is 12.1 Å². The molecule has 1 aromatic heterocycles. The molecule has 0 aliphatic carbocycles. The number of benzene rings is 7. The van der Waals surface area contributed by atoms with Gasteiger partial charge in [-0.1, -0.05) is 115 Å². The smallest absolute Gasteiger partial charge is 0.136 e. The summed E-state index contributed by atoms with van der Waals surface area (Å²) in [4.78, 5) is 0. The van der Waals surface area contributed by atoms with Gasteiger partial charge in [-0.15, -0.1) is 0 Å². The maximum Gasteiger partial charge on any atom is 0.136 e. The Morgan fingerprint density at radius 1 is 0.378 bits per heavy atom. The Labute approximate surface area is 214 Å². The van der Waals surface area contributed by atoms with E-state index in [2.05, 4.69) is 121 Å². The highest BCUT2D eigenvalue weighted by Crippen LogP contribution is 2.46. The Hall–Kier alpha value is -4.88. The third kappa shape index (κ3) is 3.04. The van der Waals surface area contributed by atoms with Crippen LogP contribution in [0.5, 0.6) is 0 Å². The van der Waals surface area contributed by atoms with Crippen LogP contribution in [0.3, 0.4) is 0 Å². The average Bonchev–Trinajstić information content (AvgIpc) is 3.40. The lowest BCUT2D eigenvalue weighted by molar-refractivity contribution is 0.632. The monoisotopic (exact) mass is 470 g/mol. The van der Waals surface area contributed by atoms with Crippen molar-refractivity contribution in [2.24, 2.45) is 0 Å². The minimum Gasteiger partial charge on any atom is -0.456 e. The van der Waals surface area contributed by atoms with Crippen molar-refractivity contribution in [3.05, 3.63) is 133 Å². The molecule has 0 saturated carbocycles. The second kappa shape index (κ2) is 7.81. The molecule has 0 atom stereocenters. The first-order chi connectivity index (χ1) is 18.3. The van der Waals surface area contributed by atoms with Crippen molar-refractivity contribution in [3.8, 4) is 33.6 Å². The minimum absolute atomic E-state index is 0.902. The van der Waals surface area contributed by atoms with Crippen molar-refractivity contribution in [1.82, 2.24) is 0 Å². The largest absolute Gasteiger partial charge is 0.456 e. The molecule has 0 aliphatic heterocycles. The molecule has 0 radical (unpaired) electrons. The molecule has 0 N–H and O–H groups in total. The fourth-order valence-electron chi connectivity index (χ4n) is 5.94. The highest BCUT2D eigenvalue weighted by atomic mass is 16.3. The molecular weight excluding hydrogens is 448 g/mol. The summed E-state index contributed by atoms with van der Waals surface area (Å²) in [5, 5.41) is 8.75. The Kier molecular flexibility index (Phi) is 4.29. The van der Waals surface area contributed by atoms with E-state index in [0.717, 1.165) is 22.3 Å². The summed E-state index contributed by atoms with van der Waals surface area (Å²) < 4.78 is 6.43. The first-order valence-corrected chi connectivity index (χ1v) is 12.7. The van der Waals surface area contributed by atoms with Crippen LogP contribution in [0.15, 0.2) is 138 Å². The molecule has 0 unspecified atom stereocenters. The molecule has 1 nitrogen and oxygen atoms in total. The van der Waals surface area contributed by atoms with Crippen molar-refractivity contribution in [3.63, 3.8) is 0 Å². The summed E-state index contributed by atoms with van der Waals surface area (Å²) in [5.41, 5.74) is 6.97. The van der Waals surface area contributed by atoms with Gasteiger partial charge in [-0.25, -0.2) is 0 Å². The van der Waals surface area contributed by atoms with Gasteiger partial charge in [-0.2, -0.15) is 0 Å². The van der Waals surface area contributed by atoms with E-state index >= 15 is 0 Å². The van der Waals surface area contributed by atoms with Gasteiger partial charge in [0.05, 0.1) is 0 Å². The first kappa shape index (κ1) is 20.3. The summed E-state index contributed by atoms with van der Waals surface area (Å²) in [6.07, 6.45) is 0. The Morgan fingerprint density at radius 3 is 1.73 bits per heavy atom. The van der Waals surface area contributed by atoms with Crippen molar-refractivity contribution in [2.75, 3.05) is 0 Å². The lowest BCUT2D eigenvalue weighted by Crippen LogP contribution is -1.91. The Morgan fingerprint density at radius 2 is 0.973 bits per heavy atom. The summed E-state index contributed by atoms with van der Waals surface area (Å²) in [5.74, 6) is 0.902. The number of rotatable bonds is 3. The van der Waals surface area contributed by atoms with E-state index in [1.54, 1.807) is 0 Å². The topological polar surface area (TPSA) is 13.1 Å². The SMILES string of the molecule is c1ccc(-c2ccc3ccc4c(-c5ccccc5)cc(-c5cc6ccccc6o5)c5ccc2c3c45)cc1. The van der Waals surface area contributed by atoms with Crippen LogP contribution in [0, 0.1) is 0 Å². The zero-order valence-corrected chi connectivity index (χ0v) is 20.1. The molecule has 8 rings (SSSR count). The van der Waals surface area contributed by atoms with Gasteiger partial charge in [0.25, 0.3) is 0 Å². The second-order valence-electron chi connectivity index (χ2n) is 9.71. The third-order valence-electron chi connectivity index (χ3n) is 7.64. The lowest BCUT2D eigenvalue weighted by Gasteiger charge is -2.18. The van der Waals surface area contributed by atoms with E-state index in [-0.39, 0.29) is 0 Å². The van der Waals surface area contributed by atoms with Crippen molar-refractivity contribution < 1.29 is 4.42 Å². The molecule has 1 heteroatoms. The van der Waals surface area contributed by atoms with Crippen LogP contribution < -0.4 is 0 Å². The predicted molar refractivity (Wildman–Crippen MR) is 156 cm³/mol. The maximum absolute atomic E-state index is 6.43. The molecule has 0 bridgehead atoms. The number of fused-ring (bicyclic) bond motifs is 1. The molecule has 0 amide bonds. The molecule has 7 aromatic carbocycles. The van der Waals surface area contributed by atoms with Gasteiger partial charge in [-0.3, -0.25) is 0 Å². The summed E-state index contributed by atoms with van der Waals surface area (Å²) in [7, 11) is 0. The average molecular weight is 471 g/mol. The van der Waals surface area contributed by atoms with E-state index in [4.69, 9.17) is 4.42 Å². The zero-order valence-electron chi connectivity index (χ0n) is 20.1. The number of furan rings is 1. The van der Waals surface area contributed by atoms with Crippen molar-refractivity contribution in [1.29, 1.82) is 0 Å². The van der Waals surface area contributed by atoms with Crippen LogP contribution in [-0.4, -0.2) is 0 Å². The van der Waals surface area contributed by atoms with E-state index in [0.29, 0.717) is 0 Å². The highest BCUT2D eigenvalue weighted by molar-refractivity contribution is 6.29. The summed E-state index contributed by atoms with van der Waals surface area (Å²) in [6.45, 7) is 0. The molecule has 0 fully saturated rings. The summed E-state index contributed by atoms with van der Waals surface area (Å²) >= 11 is 0. The summed E-state index contributed by atoms with van der Waals surface area (Å²) in [6, 6.07) is 47.8. The van der Waals surface area contributed by atoms with Gasteiger partial charge in [0.1, 0.15) is 11.3 Å². The molecular formula is C36H22O. The minimum atomic E-state index is 0.902. The molecule has 172 valence electrons. The van der Waals surface area contributed by atoms with Gasteiger partial charge in [0, 0.05) is 10.9 Å². The Balaban J connectivity index is 1.54. The van der Waals surface area contributed by atoms with Crippen molar-refractivity contribution >= 4 is 43.3 Å². The van der Waals surface area contributed by atoms with E-state index in [1.165, 1.54) is 54.6 Å². The van der Waals surface area contributed by atoms with Crippen LogP contribution in [0.4, 0.5) is 0 Å². The fraction of sp³-hybridized carbons (Fsp3) is 0. The van der Waals surface area contributed by atoms with Gasteiger partial charge in [-0.05, 0) is 72.8 Å². The van der Waals surface area contributed by atoms with Crippen LogP contribution in [-0.2, 0) is 0 Å². The highest BCUT2D eigenvalue weighted by Gasteiger charge is 2.19. The molecule has 0 spiro atoms. The second-order valence-corrected chi connectivity index (χ2v) is 9.71. The van der Waals surface area contributed by atoms with Crippen molar-refractivity contribution in [2.45, 2.75) is 0 Å². The van der Waals surface area contributed by atoms with Crippen LogP contribution in [0.1, 0.15) is 0 Å². The molecule has 0 aliphatic rings. The Bertz CT molecular complexity index is 2030. The molecule has 8 aromatic rings. The number of hydrogen-bond donors (Lipinski definition) is 0. The zero-order chi connectivity index (χ0) is 24.3. The van der Waals surface area contributed by atoms with Gasteiger partial charge < -0.3 is 4.42 Å². The third-order valence-corrected chi connectivity index (χ3v) is 7.64. The predicted octanol–water partition coefficient (Wildman–Crippen LogP) is 10.3. The van der Waals surface area contributed by atoms with E-state index < -0.39 is 0 Å². The standard InChI is InChI=1S/C36H22O/c1-3-9-23(10-4-1)27-17-15-25-16-18-29-31(24-11-5-2-6-12-24)22-32(30-20-19-28(27)35(25)36(29)30)34-21-26-13-7-8-14-33(26)37-34/h1-22H. The quantitative estimate of drug-likeness (QED) is 0.234. The molecule has 37 heavy (non-hydrogen) atoms. The van der Waals surface area contributed by atoms with Gasteiger partial charge in [0.2, 0.25) is 0 Å². The van der Waals surface area contributed by atoms with Crippen LogP contribution in [0.2, 0.25) is 0 Å². The normalized spacial score (nSPS) is 11.8. The lowest BCUT2D eigenvalue weighted by atomic mass is 9.85. The van der Waals surface area contributed by atoms with Crippen LogP contribution >= 0.6 is 0 Å². The first-order valence-electron chi connectivity index (χ1n) is 12.7.